The van der Waals surface area contributed by atoms with Gasteiger partial charge in [0.2, 0.25) is 5.69 Å². The highest BCUT2D eigenvalue weighted by Gasteiger charge is 2.27. The average Bonchev–Trinajstić information content (AvgIpc) is 2.93. The maximum atomic E-state index is 13.8. The lowest BCUT2D eigenvalue weighted by atomic mass is 10.2. The number of methoxy groups -OCH3 is 2. The number of aromatic nitrogens is 3. The van der Waals surface area contributed by atoms with Gasteiger partial charge in [-0.3, -0.25) is 0 Å². The molecule has 0 amide bonds. The molecule has 0 unspecified atom stereocenters. The number of carbonyl (C=O) groups excluding carboxylic acids is 2. The van der Waals surface area contributed by atoms with E-state index in [-0.39, 0.29) is 28.5 Å². The molecule has 0 atom stereocenters. The second-order valence-electron chi connectivity index (χ2n) is 4.13. The number of rotatable bonds is 4. The van der Waals surface area contributed by atoms with Crippen LogP contribution in [0, 0.1) is 5.82 Å². The molecular formula is C13H11ClFN3O4. The van der Waals surface area contributed by atoms with Gasteiger partial charge in [0.05, 0.1) is 20.8 Å². The Morgan fingerprint density at radius 1 is 1.27 bits per heavy atom. The zero-order valence-electron chi connectivity index (χ0n) is 11.7. The summed E-state index contributed by atoms with van der Waals surface area (Å²) in [5.41, 5.74) is -0.453. The molecule has 0 bridgehead atoms. The largest absolute Gasteiger partial charge is 0.464 e. The Morgan fingerprint density at radius 2 is 1.95 bits per heavy atom. The van der Waals surface area contributed by atoms with Crippen molar-refractivity contribution in [3.63, 3.8) is 0 Å². The smallest absolute Gasteiger partial charge is 0.361 e. The van der Waals surface area contributed by atoms with Gasteiger partial charge in [-0.05, 0) is 12.1 Å². The summed E-state index contributed by atoms with van der Waals surface area (Å²) >= 11 is 5.93. The highest BCUT2D eigenvalue weighted by molar-refractivity contribution is 6.31. The molecular weight excluding hydrogens is 317 g/mol. The molecule has 0 N–H and O–H groups in total. The SMILES string of the molecule is COC(=O)c1nnn(Cc2c(F)cccc2Cl)c1C(=O)OC. The fourth-order valence-electron chi connectivity index (χ4n) is 1.79. The summed E-state index contributed by atoms with van der Waals surface area (Å²) in [6.45, 7) is -0.195. The molecule has 0 radical (unpaired) electrons. The molecule has 0 aliphatic rings. The van der Waals surface area contributed by atoms with Gasteiger partial charge in [0.15, 0.2) is 5.69 Å². The number of hydrogen-bond acceptors (Lipinski definition) is 6. The van der Waals surface area contributed by atoms with Crippen LogP contribution in [-0.4, -0.2) is 41.2 Å². The van der Waals surface area contributed by atoms with Gasteiger partial charge in [0.25, 0.3) is 0 Å². The number of nitrogens with zero attached hydrogens (tertiary/aromatic N) is 3. The van der Waals surface area contributed by atoms with Crippen LogP contribution in [-0.2, 0) is 16.0 Å². The summed E-state index contributed by atoms with van der Waals surface area (Å²) in [6.07, 6.45) is 0. The van der Waals surface area contributed by atoms with Crippen LogP contribution >= 0.6 is 11.6 Å². The first kappa shape index (κ1) is 15.9. The first-order valence-corrected chi connectivity index (χ1v) is 6.40. The molecule has 0 fully saturated rings. The zero-order chi connectivity index (χ0) is 16.3. The first-order valence-electron chi connectivity index (χ1n) is 6.02. The van der Waals surface area contributed by atoms with Gasteiger partial charge in [0.1, 0.15) is 5.82 Å². The zero-order valence-corrected chi connectivity index (χ0v) is 12.4. The van der Waals surface area contributed by atoms with Crippen LogP contribution in [0.5, 0.6) is 0 Å². The summed E-state index contributed by atoms with van der Waals surface area (Å²) in [4.78, 5) is 23.4. The number of esters is 2. The molecule has 2 rings (SSSR count). The van der Waals surface area contributed by atoms with E-state index >= 15 is 0 Å². The summed E-state index contributed by atoms with van der Waals surface area (Å²) in [5.74, 6) is -2.28. The van der Waals surface area contributed by atoms with E-state index in [1.54, 1.807) is 0 Å². The molecule has 1 aromatic heterocycles. The number of hydrogen-bond donors (Lipinski definition) is 0. The Kier molecular flexibility index (Phi) is 4.71. The molecule has 7 nitrogen and oxygen atoms in total. The van der Waals surface area contributed by atoms with Crippen molar-refractivity contribution in [1.82, 2.24) is 15.0 Å². The summed E-state index contributed by atoms with van der Waals surface area (Å²) < 4.78 is 24.0. The lowest BCUT2D eigenvalue weighted by molar-refractivity contribution is 0.0544. The van der Waals surface area contributed by atoms with E-state index < -0.39 is 17.8 Å². The monoisotopic (exact) mass is 327 g/mol. The third kappa shape index (κ3) is 2.91. The molecule has 0 saturated heterocycles. The van der Waals surface area contributed by atoms with Crippen LogP contribution in [0.1, 0.15) is 26.5 Å². The van der Waals surface area contributed by atoms with Gasteiger partial charge in [-0.25, -0.2) is 18.7 Å². The van der Waals surface area contributed by atoms with Gasteiger partial charge in [-0.1, -0.05) is 22.9 Å². The molecule has 0 spiro atoms. The van der Waals surface area contributed by atoms with Crippen molar-refractivity contribution in [1.29, 1.82) is 0 Å². The minimum Gasteiger partial charge on any atom is -0.464 e. The number of carbonyl (C=O) groups is 2. The van der Waals surface area contributed by atoms with Crippen molar-refractivity contribution in [2.24, 2.45) is 0 Å². The van der Waals surface area contributed by atoms with E-state index in [2.05, 4.69) is 19.8 Å². The highest BCUT2D eigenvalue weighted by Crippen LogP contribution is 2.21. The Balaban J connectivity index is 2.50. The van der Waals surface area contributed by atoms with Gasteiger partial charge in [0, 0.05) is 10.6 Å². The van der Waals surface area contributed by atoms with Crippen molar-refractivity contribution >= 4 is 23.5 Å². The summed E-state index contributed by atoms with van der Waals surface area (Å²) in [7, 11) is 2.27. The first-order chi connectivity index (χ1) is 10.5. The van der Waals surface area contributed by atoms with E-state index in [4.69, 9.17) is 11.6 Å². The summed E-state index contributed by atoms with van der Waals surface area (Å²) in [5, 5.41) is 7.41. The minimum absolute atomic E-state index is 0.107. The lowest BCUT2D eigenvalue weighted by Gasteiger charge is -2.08. The van der Waals surface area contributed by atoms with Crippen molar-refractivity contribution in [3.05, 3.63) is 46.0 Å². The van der Waals surface area contributed by atoms with E-state index in [0.717, 1.165) is 18.9 Å². The predicted octanol–water partition coefficient (Wildman–Crippen LogP) is 1.69. The topological polar surface area (TPSA) is 83.3 Å². The molecule has 9 heteroatoms. The minimum atomic E-state index is -0.855. The maximum Gasteiger partial charge on any atom is 0.361 e. The quantitative estimate of drug-likeness (QED) is 0.795. The van der Waals surface area contributed by atoms with Crippen LogP contribution in [0.2, 0.25) is 5.02 Å². The predicted molar refractivity (Wildman–Crippen MR) is 73.2 cm³/mol. The van der Waals surface area contributed by atoms with Crippen molar-refractivity contribution in [2.45, 2.75) is 6.54 Å². The third-order valence-corrected chi connectivity index (χ3v) is 3.22. The van der Waals surface area contributed by atoms with Gasteiger partial charge < -0.3 is 9.47 Å². The Morgan fingerprint density at radius 3 is 2.55 bits per heavy atom. The second-order valence-corrected chi connectivity index (χ2v) is 4.53. The molecule has 116 valence electrons. The van der Waals surface area contributed by atoms with Crippen molar-refractivity contribution in [3.8, 4) is 0 Å². The van der Waals surface area contributed by atoms with Crippen LogP contribution in [0.3, 0.4) is 0 Å². The van der Waals surface area contributed by atoms with Crippen molar-refractivity contribution in [2.75, 3.05) is 14.2 Å². The van der Waals surface area contributed by atoms with E-state index in [1.165, 1.54) is 18.2 Å². The molecule has 1 heterocycles. The van der Waals surface area contributed by atoms with Crippen LogP contribution in [0.4, 0.5) is 4.39 Å². The molecule has 1 aromatic carbocycles. The Bertz CT molecular complexity index is 712. The molecule has 22 heavy (non-hydrogen) atoms. The van der Waals surface area contributed by atoms with E-state index in [9.17, 15) is 14.0 Å². The standard InChI is InChI=1S/C13H11ClFN3O4/c1-21-12(19)10-11(13(20)22-2)18(17-16-10)6-7-8(14)4-3-5-9(7)15/h3-5H,6H2,1-2H3. The fourth-order valence-corrected chi connectivity index (χ4v) is 2.01. The van der Waals surface area contributed by atoms with Crippen LogP contribution in [0.15, 0.2) is 18.2 Å². The number of ether oxygens (including phenoxy) is 2. The molecule has 0 aliphatic heterocycles. The Labute approximate surface area is 129 Å². The van der Waals surface area contributed by atoms with Gasteiger partial charge >= 0.3 is 11.9 Å². The number of benzene rings is 1. The van der Waals surface area contributed by atoms with E-state index in [1.807, 2.05) is 0 Å². The Hall–Kier alpha value is -2.48. The molecule has 0 saturated carbocycles. The van der Waals surface area contributed by atoms with Crippen molar-refractivity contribution < 1.29 is 23.5 Å². The average molecular weight is 328 g/mol. The molecule has 2 aromatic rings. The van der Waals surface area contributed by atoms with Crippen LogP contribution < -0.4 is 0 Å². The van der Waals surface area contributed by atoms with Gasteiger partial charge in [-0.15, -0.1) is 5.10 Å². The van der Waals surface area contributed by atoms with E-state index in [0.29, 0.717) is 0 Å². The fraction of sp³-hybridized carbons (Fsp3) is 0.231. The van der Waals surface area contributed by atoms with Crippen LogP contribution in [0.25, 0.3) is 0 Å². The normalized spacial score (nSPS) is 10.4. The second kappa shape index (κ2) is 6.52. The summed E-state index contributed by atoms with van der Waals surface area (Å²) in [6, 6.07) is 4.16. The maximum absolute atomic E-state index is 13.8. The lowest BCUT2D eigenvalue weighted by Crippen LogP contribution is -2.17. The van der Waals surface area contributed by atoms with Gasteiger partial charge in [-0.2, -0.15) is 0 Å². The third-order valence-electron chi connectivity index (χ3n) is 2.86. The highest BCUT2D eigenvalue weighted by atomic mass is 35.5. The number of halogens is 2. The molecule has 0 aliphatic carbocycles.